The maximum Gasteiger partial charge on any atom is 0.269 e. The van der Waals surface area contributed by atoms with Crippen LogP contribution in [-0.2, 0) is 6.42 Å². The van der Waals surface area contributed by atoms with Crippen molar-refractivity contribution >= 4 is 11.7 Å². The lowest BCUT2D eigenvalue weighted by atomic mass is 9.89. The average molecular weight is 383 g/mol. The molecule has 0 spiro atoms. The Morgan fingerprint density at radius 3 is 2.29 bits per heavy atom. The predicted octanol–water partition coefficient (Wildman–Crippen LogP) is 2.73. The van der Waals surface area contributed by atoms with Gasteiger partial charge >= 0.3 is 0 Å². The van der Waals surface area contributed by atoms with Crippen molar-refractivity contribution in [2.24, 2.45) is 4.99 Å². The number of ether oxygens (including phenoxy) is 3. The van der Waals surface area contributed by atoms with Crippen molar-refractivity contribution in [3.8, 4) is 17.2 Å². The molecule has 0 aromatic heterocycles. The van der Waals surface area contributed by atoms with E-state index in [4.69, 9.17) is 19.2 Å². The number of nitrogens with zero attached hydrogens (tertiary/aromatic N) is 1. The van der Waals surface area contributed by atoms with Crippen LogP contribution in [0.5, 0.6) is 17.2 Å². The van der Waals surface area contributed by atoms with Gasteiger partial charge in [0.25, 0.3) is 5.91 Å². The Morgan fingerprint density at radius 1 is 1.04 bits per heavy atom. The minimum Gasteiger partial charge on any atom is -0.493 e. The van der Waals surface area contributed by atoms with E-state index in [9.17, 15) is 4.79 Å². The van der Waals surface area contributed by atoms with Gasteiger partial charge in [0, 0.05) is 11.1 Å². The highest BCUT2D eigenvalue weighted by molar-refractivity contribution is 6.03. The molecule has 0 atom stereocenters. The highest BCUT2D eigenvalue weighted by Gasteiger charge is 2.27. The molecule has 7 heteroatoms. The van der Waals surface area contributed by atoms with Crippen molar-refractivity contribution < 1.29 is 19.0 Å². The van der Waals surface area contributed by atoms with Crippen LogP contribution in [0.4, 0.5) is 0 Å². The van der Waals surface area contributed by atoms with Gasteiger partial charge in [0.1, 0.15) is 5.84 Å². The molecule has 2 N–H and O–H groups in total. The first-order valence-electron chi connectivity index (χ1n) is 8.93. The summed E-state index contributed by atoms with van der Waals surface area (Å²) in [6.07, 6.45) is 0.842. The molecule has 0 saturated heterocycles. The van der Waals surface area contributed by atoms with Gasteiger partial charge in [-0.3, -0.25) is 20.6 Å². The molecule has 28 heavy (non-hydrogen) atoms. The fourth-order valence-corrected chi connectivity index (χ4v) is 3.27. The van der Waals surface area contributed by atoms with E-state index >= 15 is 0 Å². The second-order valence-corrected chi connectivity index (χ2v) is 7.10. The summed E-state index contributed by atoms with van der Waals surface area (Å²) in [5.74, 6) is 1.54. The molecule has 2 aromatic carbocycles. The van der Waals surface area contributed by atoms with Gasteiger partial charge in [-0.1, -0.05) is 24.3 Å². The molecule has 1 heterocycles. The standard InChI is InChI=1S/C21H25N3O4/c1-21(2)12-13-8-6-7-9-15(13)19(22-21)23-24-20(25)14-10-16(26-3)18(28-5)17(11-14)27-4/h6-11H,12H2,1-5H3,(H,22,23)(H,24,25). The molecule has 2 aromatic rings. The number of amidine groups is 1. The third-order valence-electron chi connectivity index (χ3n) is 4.53. The molecule has 0 aliphatic carbocycles. The van der Waals surface area contributed by atoms with E-state index in [0.717, 1.165) is 12.0 Å². The summed E-state index contributed by atoms with van der Waals surface area (Å²) in [7, 11) is 4.53. The first kappa shape index (κ1) is 19.5. The Hall–Kier alpha value is -3.22. The molecule has 7 nitrogen and oxygen atoms in total. The summed E-state index contributed by atoms with van der Waals surface area (Å²) in [4.78, 5) is 17.5. The molecule has 0 unspecified atom stereocenters. The summed E-state index contributed by atoms with van der Waals surface area (Å²) in [5.41, 5.74) is 7.97. The second kappa shape index (κ2) is 7.80. The fourth-order valence-electron chi connectivity index (χ4n) is 3.27. The highest BCUT2D eigenvalue weighted by atomic mass is 16.5. The number of aliphatic imine (C=N–C) groups is 1. The van der Waals surface area contributed by atoms with Crippen LogP contribution in [0.25, 0.3) is 0 Å². The van der Waals surface area contributed by atoms with Crippen molar-refractivity contribution in [3.05, 3.63) is 53.1 Å². The first-order chi connectivity index (χ1) is 13.4. The summed E-state index contributed by atoms with van der Waals surface area (Å²) < 4.78 is 15.9. The molecule has 0 radical (unpaired) electrons. The Bertz CT molecular complexity index is 897. The number of nitrogens with one attached hydrogen (secondary N) is 2. The lowest BCUT2D eigenvalue weighted by molar-refractivity contribution is 0.0942. The van der Waals surface area contributed by atoms with Crippen molar-refractivity contribution in [3.63, 3.8) is 0 Å². The van der Waals surface area contributed by atoms with Crippen LogP contribution in [-0.4, -0.2) is 38.6 Å². The van der Waals surface area contributed by atoms with E-state index in [1.807, 2.05) is 18.2 Å². The number of carbonyl (C=O) groups excluding carboxylic acids is 1. The van der Waals surface area contributed by atoms with Gasteiger partial charge in [0.2, 0.25) is 5.75 Å². The van der Waals surface area contributed by atoms with Crippen LogP contribution in [0, 0.1) is 0 Å². The number of rotatable bonds is 4. The van der Waals surface area contributed by atoms with Gasteiger partial charge in [0.05, 0.1) is 26.9 Å². The Labute approximate surface area is 164 Å². The maximum absolute atomic E-state index is 12.7. The lowest BCUT2D eigenvalue weighted by Crippen LogP contribution is -2.45. The zero-order valence-corrected chi connectivity index (χ0v) is 16.8. The van der Waals surface area contributed by atoms with E-state index in [-0.39, 0.29) is 11.4 Å². The summed E-state index contributed by atoms with van der Waals surface area (Å²) in [6.45, 7) is 4.12. The molecule has 0 saturated carbocycles. The number of hydrogen-bond acceptors (Lipinski definition) is 6. The van der Waals surface area contributed by atoms with Gasteiger partial charge in [-0.25, -0.2) is 0 Å². The van der Waals surface area contributed by atoms with Gasteiger partial charge in [0.15, 0.2) is 11.5 Å². The molecule has 1 aliphatic heterocycles. The number of carbonyl (C=O) groups is 1. The summed E-state index contributed by atoms with van der Waals surface area (Å²) >= 11 is 0. The third kappa shape index (κ3) is 3.88. The van der Waals surface area contributed by atoms with Gasteiger partial charge in [-0.2, -0.15) is 0 Å². The molecule has 1 aliphatic rings. The molecule has 1 amide bonds. The van der Waals surface area contributed by atoms with E-state index in [0.29, 0.717) is 28.6 Å². The van der Waals surface area contributed by atoms with E-state index < -0.39 is 0 Å². The van der Waals surface area contributed by atoms with E-state index in [2.05, 4.69) is 30.8 Å². The molecular formula is C21H25N3O4. The predicted molar refractivity (Wildman–Crippen MR) is 107 cm³/mol. The Morgan fingerprint density at radius 2 is 1.68 bits per heavy atom. The maximum atomic E-state index is 12.7. The van der Waals surface area contributed by atoms with Crippen molar-refractivity contribution in [1.82, 2.24) is 10.9 Å². The van der Waals surface area contributed by atoms with Crippen molar-refractivity contribution in [2.75, 3.05) is 21.3 Å². The summed E-state index contributed by atoms with van der Waals surface area (Å²) in [5, 5.41) is 0. The van der Waals surface area contributed by atoms with Crippen LogP contribution < -0.4 is 25.1 Å². The van der Waals surface area contributed by atoms with Crippen LogP contribution in [0.15, 0.2) is 41.4 Å². The topological polar surface area (TPSA) is 81.2 Å². The van der Waals surface area contributed by atoms with Crippen LogP contribution >= 0.6 is 0 Å². The van der Waals surface area contributed by atoms with Gasteiger partial charge < -0.3 is 14.2 Å². The average Bonchev–Trinajstić information content (AvgIpc) is 2.69. The first-order valence-corrected chi connectivity index (χ1v) is 8.93. The number of methoxy groups -OCH3 is 3. The van der Waals surface area contributed by atoms with Crippen molar-refractivity contribution in [2.45, 2.75) is 25.8 Å². The Kier molecular flexibility index (Phi) is 5.44. The van der Waals surface area contributed by atoms with Gasteiger partial charge in [-0.05, 0) is 38.0 Å². The quantitative estimate of drug-likeness (QED) is 0.794. The third-order valence-corrected chi connectivity index (χ3v) is 4.53. The highest BCUT2D eigenvalue weighted by Crippen LogP contribution is 2.38. The SMILES string of the molecule is COc1cc(C(=O)NNC2=NC(C)(C)Cc3ccccc32)cc(OC)c1OC. The van der Waals surface area contributed by atoms with E-state index in [1.54, 1.807) is 12.1 Å². The summed E-state index contributed by atoms with van der Waals surface area (Å²) in [6, 6.07) is 11.2. The number of benzene rings is 2. The zero-order chi connectivity index (χ0) is 20.3. The number of hydrogen-bond donors (Lipinski definition) is 2. The minimum absolute atomic E-state index is 0.256. The molecule has 148 valence electrons. The number of amides is 1. The van der Waals surface area contributed by atoms with Gasteiger partial charge in [-0.15, -0.1) is 0 Å². The number of hydrazine groups is 1. The largest absolute Gasteiger partial charge is 0.493 e. The normalized spacial score (nSPS) is 14.4. The molecule has 0 bridgehead atoms. The minimum atomic E-state index is -0.345. The van der Waals surface area contributed by atoms with E-state index in [1.165, 1.54) is 26.9 Å². The number of fused-ring (bicyclic) bond motifs is 1. The smallest absolute Gasteiger partial charge is 0.269 e. The molecule has 0 fully saturated rings. The molecule has 3 rings (SSSR count). The fraction of sp³-hybridized carbons (Fsp3) is 0.333. The monoisotopic (exact) mass is 383 g/mol. The molecular weight excluding hydrogens is 358 g/mol. The lowest BCUT2D eigenvalue weighted by Gasteiger charge is -2.29. The van der Waals surface area contributed by atoms with Crippen LogP contribution in [0.3, 0.4) is 0 Å². The second-order valence-electron chi connectivity index (χ2n) is 7.10. The zero-order valence-electron chi connectivity index (χ0n) is 16.8. The Balaban J connectivity index is 1.83. The van der Waals surface area contributed by atoms with Crippen molar-refractivity contribution in [1.29, 1.82) is 0 Å². The van der Waals surface area contributed by atoms with Crippen LogP contribution in [0.1, 0.15) is 35.3 Å². The van der Waals surface area contributed by atoms with Crippen LogP contribution in [0.2, 0.25) is 0 Å².